The Bertz CT molecular complexity index is 936. The van der Waals surface area contributed by atoms with E-state index in [1.54, 1.807) is 0 Å². The molecular weight excluding hydrogens is 572 g/mol. The molecule has 0 aliphatic heterocycles. The topological polar surface area (TPSA) is 96.2 Å². The van der Waals surface area contributed by atoms with Crippen molar-refractivity contribution in [2.45, 2.75) is 156 Å². The lowest BCUT2D eigenvalue weighted by atomic mass is 9.78. The lowest BCUT2D eigenvalue weighted by molar-refractivity contribution is -0.151. The summed E-state index contributed by atoms with van der Waals surface area (Å²) < 4.78 is 11.3. The maximum absolute atomic E-state index is 12.7. The molecule has 0 aromatic heterocycles. The number of phenols is 1. The van der Waals surface area contributed by atoms with Gasteiger partial charge in [-0.3, -0.25) is 4.79 Å². The zero-order valence-corrected chi connectivity index (χ0v) is 29.9. The number of thiocarbonyl (C=S) groups is 1. The number of rotatable bonds is 22. The molecule has 0 aliphatic carbocycles. The number of ether oxygens (including phenoxy) is 2. The van der Waals surface area contributed by atoms with E-state index in [2.05, 4.69) is 48.5 Å². The van der Waals surface area contributed by atoms with Crippen LogP contribution in [0.2, 0.25) is 0 Å². The molecule has 0 heterocycles. The number of phenolic OH excluding ortho intramolecular Hbond substituents is 1. The molecule has 254 valence electrons. The average molecular weight is 637 g/mol. The summed E-state index contributed by atoms with van der Waals surface area (Å²) in [6, 6.07) is 3.93. The van der Waals surface area contributed by atoms with Crippen LogP contribution in [0.1, 0.15) is 155 Å². The number of aliphatic hydroxyl groups excluding tert-OH is 2. The molecule has 0 saturated carbocycles. The van der Waals surface area contributed by atoms with Gasteiger partial charge in [-0.05, 0) is 52.6 Å². The van der Waals surface area contributed by atoms with Gasteiger partial charge in [-0.1, -0.05) is 131 Å². The number of carbonyl (C=O) groups excluding carboxylic acids is 1. The fourth-order valence-electron chi connectivity index (χ4n) is 5.22. The van der Waals surface area contributed by atoms with Gasteiger partial charge in [-0.2, -0.15) is 0 Å². The van der Waals surface area contributed by atoms with Crippen LogP contribution in [-0.2, 0) is 31.5 Å². The zero-order valence-electron chi connectivity index (χ0n) is 29.1. The first-order valence-electron chi connectivity index (χ1n) is 17.1. The Balaban J connectivity index is 2.46. The number of aryl methyl sites for hydroxylation is 1. The predicted octanol–water partition coefficient (Wildman–Crippen LogP) is 8.87. The van der Waals surface area contributed by atoms with Gasteiger partial charge in [0.1, 0.15) is 19.0 Å². The molecule has 0 saturated heterocycles. The molecule has 1 aromatic rings. The van der Waals surface area contributed by atoms with E-state index in [-0.39, 0.29) is 43.7 Å². The second-order valence-electron chi connectivity index (χ2n) is 14.8. The SMILES string of the molecule is CCCCCCCCCCCCCCC(=S)OCC(CO)(CO)COC(=O)CCc1cc(C(C)(C)C)c(O)c(C(C)(C)C)c1. The Hall–Kier alpha value is -1.70. The highest BCUT2D eigenvalue weighted by atomic mass is 32.1. The molecule has 0 amide bonds. The molecule has 0 bridgehead atoms. The van der Waals surface area contributed by atoms with E-state index < -0.39 is 11.4 Å². The van der Waals surface area contributed by atoms with Gasteiger partial charge >= 0.3 is 5.97 Å². The second kappa shape index (κ2) is 20.4. The predicted molar refractivity (Wildman–Crippen MR) is 186 cm³/mol. The monoisotopic (exact) mass is 636 g/mol. The summed E-state index contributed by atoms with van der Waals surface area (Å²) in [5, 5.41) is 31.5. The van der Waals surface area contributed by atoms with Crippen LogP contribution in [0, 0.1) is 5.41 Å². The summed E-state index contributed by atoms with van der Waals surface area (Å²) >= 11 is 5.40. The number of unbranched alkanes of at least 4 members (excludes halogenated alkanes) is 11. The normalized spacial score (nSPS) is 12.4. The summed E-state index contributed by atoms with van der Waals surface area (Å²) in [6.07, 6.45) is 16.5. The fourth-order valence-corrected chi connectivity index (χ4v) is 5.43. The number of benzene rings is 1. The molecule has 0 spiro atoms. The van der Waals surface area contributed by atoms with Gasteiger partial charge in [0.25, 0.3) is 0 Å². The van der Waals surface area contributed by atoms with Crippen LogP contribution in [0.15, 0.2) is 12.1 Å². The Morgan fingerprint density at radius 3 is 1.57 bits per heavy atom. The average Bonchev–Trinajstić information content (AvgIpc) is 2.96. The van der Waals surface area contributed by atoms with Crippen molar-refractivity contribution >= 4 is 23.2 Å². The van der Waals surface area contributed by atoms with Crippen LogP contribution in [-0.4, -0.2) is 52.8 Å². The van der Waals surface area contributed by atoms with Gasteiger partial charge in [0.05, 0.1) is 18.6 Å². The number of aliphatic hydroxyl groups is 2. The van der Waals surface area contributed by atoms with Gasteiger partial charge in [-0.25, -0.2) is 0 Å². The van der Waals surface area contributed by atoms with Crippen molar-refractivity contribution < 1.29 is 29.6 Å². The van der Waals surface area contributed by atoms with Crippen molar-refractivity contribution in [3.63, 3.8) is 0 Å². The van der Waals surface area contributed by atoms with Crippen molar-refractivity contribution in [2.24, 2.45) is 5.41 Å². The summed E-state index contributed by atoms with van der Waals surface area (Å²) in [7, 11) is 0. The van der Waals surface area contributed by atoms with Crippen LogP contribution in [0.5, 0.6) is 5.75 Å². The molecule has 0 aliphatic rings. The van der Waals surface area contributed by atoms with E-state index in [0.717, 1.165) is 29.5 Å². The third-order valence-electron chi connectivity index (χ3n) is 8.39. The first-order chi connectivity index (χ1) is 20.7. The van der Waals surface area contributed by atoms with E-state index >= 15 is 0 Å². The van der Waals surface area contributed by atoms with Crippen molar-refractivity contribution in [3.05, 3.63) is 28.8 Å². The first-order valence-corrected chi connectivity index (χ1v) is 17.5. The smallest absolute Gasteiger partial charge is 0.306 e. The highest BCUT2D eigenvalue weighted by molar-refractivity contribution is 7.80. The van der Waals surface area contributed by atoms with E-state index in [1.807, 2.05) is 12.1 Å². The van der Waals surface area contributed by atoms with E-state index in [0.29, 0.717) is 23.6 Å². The number of carbonyl (C=O) groups is 1. The maximum Gasteiger partial charge on any atom is 0.306 e. The highest BCUT2D eigenvalue weighted by Crippen LogP contribution is 2.40. The minimum atomic E-state index is -1.12. The molecule has 3 N–H and O–H groups in total. The summed E-state index contributed by atoms with van der Waals surface area (Å²) in [5.41, 5.74) is 1.03. The first kappa shape index (κ1) is 40.3. The summed E-state index contributed by atoms with van der Waals surface area (Å²) in [6.45, 7) is 13.7. The van der Waals surface area contributed by atoms with Crippen molar-refractivity contribution in [1.29, 1.82) is 0 Å². The van der Waals surface area contributed by atoms with Gasteiger partial charge in [0.15, 0.2) is 5.05 Å². The number of hydrogen-bond acceptors (Lipinski definition) is 7. The fraction of sp³-hybridized carbons (Fsp3) is 0.784. The minimum Gasteiger partial charge on any atom is -0.507 e. The molecule has 0 radical (unpaired) electrons. The summed E-state index contributed by atoms with van der Waals surface area (Å²) in [5.74, 6) is -0.109. The Morgan fingerprint density at radius 1 is 0.705 bits per heavy atom. The van der Waals surface area contributed by atoms with Crippen LogP contribution >= 0.6 is 12.2 Å². The Labute approximate surface area is 274 Å². The van der Waals surface area contributed by atoms with E-state index in [1.165, 1.54) is 64.2 Å². The molecule has 7 heteroatoms. The van der Waals surface area contributed by atoms with Crippen LogP contribution in [0.3, 0.4) is 0 Å². The molecule has 6 nitrogen and oxygen atoms in total. The highest BCUT2D eigenvalue weighted by Gasteiger charge is 2.33. The molecule has 44 heavy (non-hydrogen) atoms. The van der Waals surface area contributed by atoms with Crippen LogP contribution in [0.4, 0.5) is 0 Å². The van der Waals surface area contributed by atoms with Gasteiger partial charge in [-0.15, -0.1) is 0 Å². The quantitative estimate of drug-likeness (QED) is 0.0665. The van der Waals surface area contributed by atoms with Crippen molar-refractivity contribution in [1.82, 2.24) is 0 Å². The maximum atomic E-state index is 12.7. The third kappa shape index (κ3) is 15.5. The molecule has 1 rings (SSSR count). The molecule has 1 aromatic carbocycles. The van der Waals surface area contributed by atoms with Crippen molar-refractivity contribution in [2.75, 3.05) is 26.4 Å². The Morgan fingerprint density at radius 2 is 1.14 bits per heavy atom. The minimum absolute atomic E-state index is 0.00772. The third-order valence-corrected chi connectivity index (χ3v) is 8.71. The van der Waals surface area contributed by atoms with Crippen molar-refractivity contribution in [3.8, 4) is 5.75 Å². The van der Waals surface area contributed by atoms with Crippen LogP contribution in [0.25, 0.3) is 0 Å². The number of hydrogen-bond donors (Lipinski definition) is 3. The lowest BCUT2D eigenvalue weighted by Gasteiger charge is -2.29. The number of esters is 1. The lowest BCUT2D eigenvalue weighted by Crippen LogP contribution is -2.41. The summed E-state index contributed by atoms with van der Waals surface area (Å²) in [4.78, 5) is 12.7. The standard InChI is InChI=1S/C37H64O6S/c1-8-9-10-11-12-13-14-15-16-17-18-19-20-33(44)43-28-37(25-38,26-39)27-42-32(40)22-21-29-23-30(35(2,3)4)34(41)31(24-29)36(5,6)7/h23-24,38-39,41H,8-22,25-28H2,1-7H3. The molecule has 0 unspecified atom stereocenters. The number of aromatic hydroxyl groups is 1. The molecule has 0 atom stereocenters. The van der Waals surface area contributed by atoms with Gasteiger partial charge < -0.3 is 24.8 Å². The van der Waals surface area contributed by atoms with Gasteiger partial charge in [0.2, 0.25) is 0 Å². The van der Waals surface area contributed by atoms with E-state index in [9.17, 15) is 20.1 Å². The zero-order chi connectivity index (χ0) is 33.2. The van der Waals surface area contributed by atoms with Crippen LogP contribution < -0.4 is 0 Å². The Kier molecular flexibility index (Phi) is 18.7. The second-order valence-corrected chi connectivity index (χ2v) is 15.3. The largest absolute Gasteiger partial charge is 0.507 e. The van der Waals surface area contributed by atoms with Gasteiger partial charge in [0, 0.05) is 12.8 Å². The van der Waals surface area contributed by atoms with E-state index in [4.69, 9.17) is 21.7 Å². The molecule has 0 fully saturated rings. The molecular formula is C37H64O6S.